The van der Waals surface area contributed by atoms with E-state index in [0.717, 1.165) is 95.8 Å². The fraction of sp³-hybridized carbons (Fsp3) is 0.945. The molecule has 19 heteroatoms. The predicted molar refractivity (Wildman–Crippen MR) is 372 cm³/mol. The fourth-order valence-corrected chi connectivity index (χ4v) is 12.8. The molecule has 0 amide bonds. The summed E-state index contributed by atoms with van der Waals surface area (Å²) < 4.78 is 68.4. The summed E-state index contributed by atoms with van der Waals surface area (Å²) in [6.45, 7) is 7.29. The van der Waals surface area contributed by atoms with E-state index in [4.69, 9.17) is 37.0 Å². The third-order valence-corrected chi connectivity index (χ3v) is 18.9. The number of carbonyl (C=O) groups excluding carboxylic acids is 4. The van der Waals surface area contributed by atoms with Gasteiger partial charge in [-0.3, -0.25) is 37.3 Å². The summed E-state index contributed by atoms with van der Waals surface area (Å²) in [4.78, 5) is 72.6. The first-order chi connectivity index (χ1) is 44.5. The van der Waals surface area contributed by atoms with E-state index in [-0.39, 0.29) is 25.7 Å². The third kappa shape index (κ3) is 66.7. The molecule has 0 heterocycles. The number of hydrogen-bond acceptors (Lipinski definition) is 15. The molecule has 92 heavy (non-hydrogen) atoms. The molecule has 0 aliphatic rings. The molecule has 0 aromatic carbocycles. The number of ether oxygens (including phenoxy) is 4. The Morgan fingerprint density at radius 3 is 0.739 bits per heavy atom. The summed E-state index contributed by atoms with van der Waals surface area (Å²) in [6.07, 6.45) is 53.9. The highest BCUT2D eigenvalue weighted by atomic mass is 31.2. The molecular weight excluding hydrogens is 1210 g/mol. The number of hydrogen-bond donors (Lipinski definition) is 3. The van der Waals surface area contributed by atoms with Crippen LogP contribution in [0.2, 0.25) is 0 Å². The summed E-state index contributed by atoms with van der Waals surface area (Å²) in [5, 5.41) is 10.6. The van der Waals surface area contributed by atoms with Crippen molar-refractivity contribution < 1.29 is 80.2 Å². The second-order valence-electron chi connectivity index (χ2n) is 26.8. The number of unbranched alkanes of at least 4 members (excludes halogenated alkanes) is 45. The van der Waals surface area contributed by atoms with E-state index >= 15 is 0 Å². The topological polar surface area (TPSA) is 237 Å². The molecule has 0 bridgehead atoms. The van der Waals surface area contributed by atoms with Crippen molar-refractivity contribution in [1.82, 2.24) is 0 Å². The van der Waals surface area contributed by atoms with Crippen LogP contribution in [-0.2, 0) is 65.4 Å². The van der Waals surface area contributed by atoms with Crippen molar-refractivity contribution in [3.05, 3.63) is 0 Å². The lowest BCUT2D eigenvalue weighted by Crippen LogP contribution is -2.30. The molecule has 0 aromatic rings. The summed E-state index contributed by atoms with van der Waals surface area (Å²) >= 11 is 0. The van der Waals surface area contributed by atoms with Crippen molar-refractivity contribution >= 4 is 39.5 Å². The first-order valence-electron chi connectivity index (χ1n) is 38.1. The smallest absolute Gasteiger partial charge is 0.462 e. The number of phosphoric acid groups is 2. The Morgan fingerprint density at radius 2 is 0.500 bits per heavy atom. The van der Waals surface area contributed by atoms with Crippen LogP contribution in [0.5, 0.6) is 0 Å². The highest BCUT2D eigenvalue weighted by molar-refractivity contribution is 7.47. The lowest BCUT2D eigenvalue weighted by Gasteiger charge is -2.21. The number of esters is 4. The molecule has 0 aromatic heterocycles. The molecule has 3 N–H and O–H groups in total. The largest absolute Gasteiger partial charge is 0.472 e. The van der Waals surface area contributed by atoms with E-state index in [9.17, 15) is 43.2 Å². The van der Waals surface area contributed by atoms with Crippen LogP contribution >= 0.6 is 15.6 Å². The van der Waals surface area contributed by atoms with Gasteiger partial charge in [-0.15, -0.1) is 0 Å². The van der Waals surface area contributed by atoms with Crippen LogP contribution in [0.25, 0.3) is 0 Å². The predicted octanol–water partition coefficient (Wildman–Crippen LogP) is 21.3. The highest BCUT2D eigenvalue weighted by Gasteiger charge is 2.30. The molecule has 0 saturated heterocycles. The number of rotatable bonds is 73. The van der Waals surface area contributed by atoms with E-state index < -0.39 is 97.5 Å². The molecule has 0 saturated carbocycles. The van der Waals surface area contributed by atoms with Crippen LogP contribution in [0.4, 0.5) is 0 Å². The standard InChI is InChI=1S/C73H142O17P2/c1-6-9-12-15-18-21-24-28-33-37-42-47-52-57-71(76)84-63-69(90-73(78)59-54-49-44-39-34-30-27-25-26-29-32-35-40-45-50-55-66(4)5)65-88-92(81,82)86-61-67(74)60-85-91(79,80)87-64-68(62-83-70(75)56-51-46-41-36-23-20-17-14-11-8-3)89-72(77)58-53-48-43-38-31-22-19-16-13-10-7-2/h66-69,74H,6-65H2,1-5H3,(H,79,80)(H,81,82)/t67-,68+,69+/m0/s1. The van der Waals surface area contributed by atoms with Gasteiger partial charge in [0.2, 0.25) is 0 Å². The minimum absolute atomic E-state index is 0.107. The molecule has 0 radical (unpaired) electrons. The first-order valence-corrected chi connectivity index (χ1v) is 41.1. The second kappa shape index (κ2) is 66.3. The van der Waals surface area contributed by atoms with Crippen molar-refractivity contribution in [2.75, 3.05) is 39.6 Å². The van der Waals surface area contributed by atoms with E-state index in [1.54, 1.807) is 0 Å². The monoisotopic (exact) mass is 1350 g/mol. The maximum absolute atomic E-state index is 13.1. The summed E-state index contributed by atoms with van der Waals surface area (Å²) in [7, 11) is -9.90. The molecule has 17 nitrogen and oxygen atoms in total. The average Bonchev–Trinajstić information content (AvgIpc) is 3.06. The summed E-state index contributed by atoms with van der Waals surface area (Å²) in [5.41, 5.74) is 0. The average molecular weight is 1350 g/mol. The Kier molecular flexibility index (Phi) is 64.9. The number of aliphatic hydroxyl groups is 1. The van der Waals surface area contributed by atoms with Crippen molar-refractivity contribution in [3.63, 3.8) is 0 Å². The van der Waals surface area contributed by atoms with Gasteiger partial charge in [0.1, 0.15) is 19.3 Å². The van der Waals surface area contributed by atoms with Crippen molar-refractivity contribution in [2.45, 2.75) is 400 Å². The normalized spacial score (nSPS) is 14.0. The van der Waals surface area contributed by atoms with Gasteiger partial charge in [-0.25, -0.2) is 9.13 Å². The molecule has 0 rings (SSSR count). The minimum atomic E-state index is -4.95. The maximum Gasteiger partial charge on any atom is 0.472 e. The zero-order valence-electron chi connectivity index (χ0n) is 59.7. The number of aliphatic hydroxyl groups excluding tert-OH is 1. The van der Waals surface area contributed by atoms with Crippen LogP contribution in [0, 0.1) is 5.92 Å². The van der Waals surface area contributed by atoms with Crippen molar-refractivity contribution in [1.29, 1.82) is 0 Å². The zero-order chi connectivity index (χ0) is 67.7. The summed E-state index contributed by atoms with van der Waals surface area (Å²) in [6, 6.07) is 0. The minimum Gasteiger partial charge on any atom is -0.462 e. The zero-order valence-corrected chi connectivity index (χ0v) is 61.5. The Labute approximate surface area is 562 Å². The fourth-order valence-electron chi connectivity index (χ4n) is 11.2. The van der Waals surface area contributed by atoms with E-state index in [0.29, 0.717) is 25.7 Å². The molecular formula is C73H142O17P2. The molecule has 0 spiro atoms. The van der Waals surface area contributed by atoms with Gasteiger partial charge < -0.3 is 33.8 Å². The van der Waals surface area contributed by atoms with Gasteiger partial charge in [0.25, 0.3) is 0 Å². The highest BCUT2D eigenvalue weighted by Crippen LogP contribution is 2.45. The van der Waals surface area contributed by atoms with Crippen LogP contribution in [0.1, 0.15) is 381 Å². The Morgan fingerprint density at radius 1 is 0.293 bits per heavy atom. The van der Waals surface area contributed by atoms with E-state index in [1.165, 1.54) is 205 Å². The lowest BCUT2D eigenvalue weighted by atomic mass is 10.0. The van der Waals surface area contributed by atoms with E-state index in [1.807, 2.05) is 0 Å². The first kappa shape index (κ1) is 90.1. The van der Waals surface area contributed by atoms with E-state index in [2.05, 4.69) is 34.6 Å². The summed E-state index contributed by atoms with van der Waals surface area (Å²) in [5.74, 6) is -1.31. The van der Waals surface area contributed by atoms with Crippen molar-refractivity contribution in [2.24, 2.45) is 5.92 Å². The number of phosphoric ester groups is 2. The van der Waals surface area contributed by atoms with Crippen LogP contribution in [0.15, 0.2) is 0 Å². The molecule has 5 atom stereocenters. The van der Waals surface area contributed by atoms with Gasteiger partial charge >= 0.3 is 39.5 Å². The van der Waals surface area contributed by atoms with Gasteiger partial charge in [0.05, 0.1) is 26.4 Å². The van der Waals surface area contributed by atoms with Crippen LogP contribution < -0.4 is 0 Å². The van der Waals surface area contributed by atoms with Crippen LogP contribution in [-0.4, -0.2) is 96.7 Å². The third-order valence-electron chi connectivity index (χ3n) is 17.0. The number of carbonyl (C=O) groups is 4. The Balaban J connectivity index is 5.22. The van der Waals surface area contributed by atoms with Crippen molar-refractivity contribution in [3.8, 4) is 0 Å². The van der Waals surface area contributed by atoms with Gasteiger partial charge in [0.15, 0.2) is 12.2 Å². The molecule has 0 aliphatic heterocycles. The van der Waals surface area contributed by atoms with Gasteiger partial charge in [-0.1, -0.05) is 330 Å². The quantitative estimate of drug-likeness (QED) is 0.0222. The molecule has 0 aliphatic carbocycles. The van der Waals surface area contributed by atoms with Crippen LogP contribution in [0.3, 0.4) is 0 Å². The SMILES string of the molecule is CCCCCCCCCCCCCCCC(=O)OC[C@H](COP(=O)(O)OC[C@@H](O)COP(=O)(O)OC[C@@H](COC(=O)CCCCCCCCCCCC)OC(=O)CCCCCCCCCCCCC)OC(=O)CCCCCCCCCCCCCCCCCC(C)C. The Bertz CT molecular complexity index is 1770. The maximum atomic E-state index is 13.1. The molecule has 546 valence electrons. The van der Waals surface area contributed by atoms with Gasteiger partial charge in [-0.05, 0) is 31.6 Å². The lowest BCUT2D eigenvalue weighted by molar-refractivity contribution is -0.161. The Hall–Kier alpha value is -1.94. The van der Waals surface area contributed by atoms with Gasteiger partial charge in [-0.2, -0.15) is 0 Å². The molecule has 0 fully saturated rings. The second-order valence-corrected chi connectivity index (χ2v) is 29.7. The van der Waals surface area contributed by atoms with Gasteiger partial charge in [0, 0.05) is 25.7 Å². The molecule has 2 unspecified atom stereocenters.